The van der Waals surface area contributed by atoms with E-state index in [4.69, 9.17) is 0 Å². The second-order valence-electron chi connectivity index (χ2n) is 6.77. The Balaban J connectivity index is 1.47. The van der Waals surface area contributed by atoms with Gasteiger partial charge in [0.2, 0.25) is 5.91 Å². The van der Waals surface area contributed by atoms with Gasteiger partial charge in [0.25, 0.3) is 0 Å². The number of aryl methyl sites for hydroxylation is 1. The summed E-state index contributed by atoms with van der Waals surface area (Å²) in [5.74, 6) is -0.460. The zero-order chi connectivity index (χ0) is 18.6. The molecule has 0 saturated heterocycles. The number of halogens is 1. The Morgan fingerprint density at radius 3 is 2.69 bits per heavy atom. The molecule has 4 nitrogen and oxygen atoms in total. The number of para-hydroxylation sites is 1. The minimum Gasteiger partial charge on any atom is -0.384 e. The third-order valence-corrected chi connectivity index (χ3v) is 4.62. The molecule has 2 aromatic carbocycles. The first-order chi connectivity index (χ1) is 12.5. The van der Waals surface area contributed by atoms with Crippen LogP contribution in [0, 0.1) is 5.82 Å². The van der Waals surface area contributed by atoms with E-state index in [2.05, 4.69) is 16.4 Å². The van der Waals surface area contributed by atoms with Crippen molar-refractivity contribution in [3.8, 4) is 0 Å². The Kier molecular flexibility index (Phi) is 5.38. The normalized spacial score (nSPS) is 13.5. The summed E-state index contributed by atoms with van der Waals surface area (Å²) in [4.78, 5) is 15.3. The van der Waals surface area contributed by atoms with Gasteiger partial charge in [0.05, 0.1) is 6.54 Å². The minimum absolute atomic E-state index is 0.0878. The van der Waals surface area contributed by atoms with Crippen LogP contribution in [0.2, 0.25) is 0 Å². The van der Waals surface area contributed by atoms with Gasteiger partial charge in [0, 0.05) is 23.5 Å². The molecule has 26 heavy (non-hydrogen) atoms. The number of benzene rings is 2. The predicted octanol–water partition coefficient (Wildman–Crippen LogP) is 3.65. The van der Waals surface area contributed by atoms with Crippen molar-refractivity contribution in [2.45, 2.75) is 31.8 Å². The summed E-state index contributed by atoms with van der Waals surface area (Å²) in [6, 6.07) is 13.7. The molecule has 1 atom stereocenters. The second kappa shape index (κ2) is 7.70. The van der Waals surface area contributed by atoms with Crippen molar-refractivity contribution in [2.24, 2.45) is 0 Å². The van der Waals surface area contributed by atoms with Crippen LogP contribution in [-0.4, -0.2) is 22.5 Å². The monoisotopic (exact) mass is 354 g/mol. The molecule has 0 radical (unpaired) electrons. The zero-order valence-corrected chi connectivity index (χ0v) is 14.8. The van der Waals surface area contributed by atoms with Gasteiger partial charge in [-0.2, -0.15) is 0 Å². The van der Waals surface area contributed by atoms with Crippen LogP contribution in [0.1, 0.15) is 30.9 Å². The molecule has 3 rings (SSSR count). The molecule has 0 spiro atoms. The Bertz CT molecular complexity index is 884. The summed E-state index contributed by atoms with van der Waals surface area (Å²) < 4.78 is 13.0. The fourth-order valence-electron chi connectivity index (χ4n) is 3.05. The van der Waals surface area contributed by atoms with Crippen LogP contribution in [0.4, 0.5) is 4.39 Å². The fraction of sp³-hybridized carbons (Fsp3) is 0.286. The van der Waals surface area contributed by atoms with Crippen LogP contribution in [0.3, 0.4) is 0 Å². The molecule has 1 amide bonds. The maximum Gasteiger partial charge on any atom is 0.220 e. The van der Waals surface area contributed by atoms with Gasteiger partial charge in [0.15, 0.2) is 0 Å². The molecule has 0 saturated carbocycles. The van der Waals surface area contributed by atoms with Crippen LogP contribution in [-0.2, 0) is 16.8 Å². The average molecular weight is 354 g/mol. The largest absolute Gasteiger partial charge is 0.384 e. The van der Waals surface area contributed by atoms with Crippen molar-refractivity contribution in [2.75, 3.05) is 6.54 Å². The molecule has 0 aliphatic rings. The number of nitrogens with one attached hydrogen (secondary N) is 2. The lowest BCUT2D eigenvalue weighted by molar-refractivity contribution is -0.122. The SMILES string of the molecule is CC(O)(CNC(=O)CCCc1c[nH]c2ccccc12)c1ccc(F)cc1. The number of aliphatic hydroxyl groups is 1. The van der Waals surface area contributed by atoms with Gasteiger partial charge in [0.1, 0.15) is 11.4 Å². The zero-order valence-electron chi connectivity index (χ0n) is 14.8. The lowest BCUT2D eigenvalue weighted by Crippen LogP contribution is -2.38. The van der Waals surface area contributed by atoms with Crippen molar-refractivity contribution in [1.29, 1.82) is 0 Å². The maximum absolute atomic E-state index is 13.0. The molecule has 5 heteroatoms. The van der Waals surface area contributed by atoms with Crippen molar-refractivity contribution >= 4 is 16.8 Å². The lowest BCUT2D eigenvalue weighted by atomic mass is 9.96. The number of aromatic amines is 1. The van der Waals surface area contributed by atoms with Gasteiger partial charge in [-0.25, -0.2) is 4.39 Å². The first-order valence-electron chi connectivity index (χ1n) is 8.76. The molecule has 1 unspecified atom stereocenters. The predicted molar refractivity (Wildman–Crippen MR) is 100 cm³/mol. The summed E-state index contributed by atoms with van der Waals surface area (Å²) in [5.41, 5.74) is 1.63. The van der Waals surface area contributed by atoms with E-state index in [0.29, 0.717) is 12.0 Å². The average Bonchev–Trinajstić information content (AvgIpc) is 3.04. The highest BCUT2D eigenvalue weighted by molar-refractivity contribution is 5.83. The van der Waals surface area contributed by atoms with Crippen molar-refractivity contribution in [3.63, 3.8) is 0 Å². The molecule has 0 fully saturated rings. The number of hydrogen-bond donors (Lipinski definition) is 3. The molecule has 0 aliphatic carbocycles. The van der Waals surface area contributed by atoms with E-state index < -0.39 is 5.60 Å². The van der Waals surface area contributed by atoms with Crippen molar-refractivity contribution < 1.29 is 14.3 Å². The molecule has 1 aromatic heterocycles. The number of fused-ring (bicyclic) bond motifs is 1. The van der Waals surface area contributed by atoms with Crippen LogP contribution >= 0.6 is 0 Å². The highest BCUT2D eigenvalue weighted by Gasteiger charge is 2.23. The summed E-state index contributed by atoms with van der Waals surface area (Å²) in [6.07, 6.45) is 3.92. The number of hydrogen-bond acceptors (Lipinski definition) is 2. The summed E-state index contributed by atoms with van der Waals surface area (Å²) in [7, 11) is 0. The summed E-state index contributed by atoms with van der Waals surface area (Å²) >= 11 is 0. The van der Waals surface area contributed by atoms with E-state index in [0.717, 1.165) is 18.4 Å². The highest BCUT2D eigenvalue weighted by atomic mass is 19.1. The van der Waals surface area contributed by atoms with Gasteiger partial charge < -0.3 is 15.4 Å². The van der Waals surface area contributed by atoms with Gasteiger partial charge in [-0.1, -0.05) is 30.3 Å². The molecule has 0 bridgehead atoms. The first-order valence-corrected chi connectivity index (χ1v) is 8.76. The first kappa shape index (κ1) is 18.1. The van der Waals surface area contributed by atoms with E-state index >= 15 is 0 Å². The third kappa shape index (κ3) is 4.29. The smallest absolute Gasteiger partial charge is 0.220 e. The molecular weight excluding hydrogens is 331 g/mol. The van der Waals surface area contributed by atoms with E-state index in [1.54, 1.807) is 6.92 Å². The molecule has 136 valence electrons. The Hall–Kier alpha value is -2.66. The minimum atomic E-state index is -1.24. The molecule has 1 heterocycles. The van der Waals surface area contributed by atoms with E-state index in [1.165, 1.54) is 35.2 Å². The Labute approximate surface area is 152 Å². The van der Waals surface area contributed by atoms with E-state index in [-0.39, 0.29) is 18.3 Å². The standard InChI is InChI=1S/C21H23FN2O2/c1-21(26,16-9-11-17(22)12-10-16)14-24-20(25)8-4-5-15-13-23-19-7-3-2-6-18(15)19/h2-3,6-7,9-13,23,26H,4-5,8,14H2,1H3,(H,24,25). The van der Waals surface area contributed by atoms with Crippen LogP contribution in [0.15, 0.2) is 54.7 Å². The number of carbonyl (C=O) groups excluding carboxylic acids is 1. The lowest BCUT2D eigenvalue weighted by Gasteiger charge is -2.24. The maximum atomic E-state index is 13.0. The third-order valence-electron chi connectivity index (χ3n) is 4.62. The summed E-state index contributed by atoms with van der Waals surface area (Å²) in [6.45, 7) is 1.69. The number of H-pyrrole nitrogens is 1. The van der Waals surface area contributed by atoms with Crippen molar-refractivity contribution in [3.05, 3.63) is 71.7 Å². The Morgan fingerprint density at radius 2 is 1.92 bits per heavy atom. The topological polar surface area (TPSA) is 65.1 Å². The summed E-state index contributed by atoms with van der Waals surface area (Å²) in [5, 5.41) is 14.4. The Morgan fingerprint density at radius 1 is 1.19 bits per heavy atom. The van der Waals surface area contributed by atoms with Gasteiger partial charge in [-0.05, 0) is 49.1 Å². The van der Waals surface area contributed by atoms with Crippen molar-refractivity contribution in [1.82, 2.24) is 10.3 Å². The number of carbonyl (C=O) groups is 1. The quantitative estimate of drug-likeness (QED) is 0.606. The highest BCUT2D eigenvalue weighted by Crippen LogP contribution is 2.21. The van der Waals surface area contributed by atoms with Crippen LogP contribution in [0.25, 0.3) is 10.9 Å². The fourth-order valence-corrected chi connectivity index (χ4v) is 3.05. The number of aromatic nitrogens is 1. The number of rotatable bonds is 7. The van der Waals surface area contributed by atoms with E-state index in [9.17, 15) is 14.3 Å². The van der Waals surface area contributed by atoms with Crippen LogP contribution < -0.4 is 5.32 Å². The molecule has 3 N–H and O–H groups in total. The molecule has 3 aromatic rings. The molecule has 0 aliphatic heterocycles. The number of amides is 1. The van der Waals surface area contributed by atoms with Gasteiger partial charge in [-0.3, -0.25) is 4.79 Å². The van der Waals surface area contributed by atoms with Gasteiger partial charge >= 0.3 is 0 Å². The van der Waals surface area contributed by atoms with Gasteiger partial charge in [-0.15, -0.1) is 0 Å². The second-order valence-corrected chi connectivity index (χ2v) is 6.77. The molecular formula is C21H23FN2O2. The van der Waals surface area contributed by atoms with Crippen LogP contribution in [0.5, 0.6) is 0 Å². The van der Waals surface area contributed by atoms with E-state index in [1.807, 2.05) is 24.4 Å².